The molecule has 0 amide bonds. The van der Waals surface area contributed by atoms with Gasteiger partial charge in [-0.05, 0) is 33.0 Å². The van der Waals surface area contributed by atoms with E-state index in [1.807, 2.05) is 12.1 Å². The third-order valence-corrected chi connectivity index (χ3v) is 3.98. The first kappa shape index (κ1) is 11.1. The molecule has 4 rings (SSSR count). The van der Waals surface area contributed by atoms with Gasteiger partial charge in [0, 0.05) is 5.39 Å². The summed E-state index contributed by atoms with van der Waals surface area (Å²) in [7, 11) is 0. The lowest BCUT2D eigenvalue weighted by Gasteiger charge is -2.11. The van der Waals surface area contributed by atoms with Gasteiger partial charge in [-0.15, -0.1) is 0 Å². The van der Waals surface area contributed by atoms with Gasteiger partial charge in [0.15, 0.2) is 0 Å². The predicted molar refractivity (Wildman–Crippen MR) is 87.8 cm³/mol. The van der Waals surface area contributed by atoms with Gasteiger partial charge in [0.25, 0.3) is 0 Å². The van der Waals surface area contributed by atoms with Gasteiger partial charge in [-0.1, -0.05) is 54.6 Å². The van der Waals surface area contributed by atoms with Crippen LogP contribution < -0.4 is 11.5 Å². The molecule has 0 aliphatic rings. The zero-order chi connectivity index (χ0) is 13.7. The van der Waals surface area contributed by atoms with Crippen LogP contribution in [0.1, 0.15) is 0 Å². The van der Waals surface area contributed by atoms with Crippen molar-refractivity contribution in [1.82, 2.24) is 0 Å². The summed E-state index contributed by atoms with van der Waals surface area (Å²) in [5, 5.41) is 7.03. The lowest BCUT2D eigenvalue weighted by Crippen LogP contribution is -1.95. The van der Waals surface area contributed by atoms with Crippen LogP contribution in [0, 0.1) is 0 Å². The fourth-order valence-corrected chi connectivity index (χ4v) is 2.96. The minimum absolute atomic E-state index is 0.637. The zero-order valence-electron chi connectivity index (χ0n) is 10.9. The molecule has 4 aromatic carbocycles. The van der Waals surface area contributed by atoms with E-state index in [0.29, 0.717) is 11.4 Å². The Balaban J connectivity index is 2.31. The zero-order valence-corrected chi connectivity index (χ0v) is 10.9. The van der Waals surface area contributed by atoms with E-state index in [9.17, 15) is 0 Å². The van der Waals surface area contributed by atoms with Crippen LogP contribution in [-0.2, 0) is 0 Å². The highest BCUT2D eigenvalue weighted by molar-refractivity contribution is 6.21. The smallest absolute Gasteiger partial charge is 0.0633 e. The van der Waals surface area contributed by atoms with Crippen molar-refractivity contribution in [3.05, 3.63) is 60.7 Å². The number of hydrogen-bond donors (Lipinski definition) is 2. The number of rotatable bonds is 0. The Bertz CT molecular complexity index is 971. The number of nitrogen functional groups attached to an aromatic ring is 2. The van der Waals surface area contributed by atoms with Gasteiger partial charge < -0.3 is 11.5 Å². The van der Waals surface area contributed by atoms with E-state index in [-0.39, 0.29) is 0 Å². The van der Waals surface area contributed by atoms with Crippen molar-refractivity contribution >= 4 is 43.7 Å². The molecule has 0 saturated carbocycles. The van der Waals surface area contributed by atoms with Crippen molar-refractivity contribution in [2.45, 2.75) is 0 Å². The van der Waals surface area contributed by atoms with Crippen molar-refractivity contribution in [3.8, 4) is 0 Å². The number of anilines is 2. The van der Waals surface area contributed by atoms with E-state index in [1.54, 1.807) is 0 Å². The SMILES string of the molecule is Nc1ccc2ccc3c4ccccc4ccc3c2c1N. The van der Waals surface area contributed by atoms with Crippen LogP contribution in [0.25, 0.3) is 32.3 Å². The summed E-state index contributed by atoms with van der Waals surface area (Å²) in [6.07, 6.45) is 0. The molecule has 0 aliphatic heterocycles. The van der Waals surface area contributed by atoms with E-state index in [2.05, 4.69) is 48.5 Å². The monoisotopic (exact) mass is 258 g/mol. The highest BCUT2D eigenvalue weighted by atomic mass is 14.7. The Morgan fingerprint density at radius 2 is 1.25 bits per heavy atom. The molecule has 4 N–H and O–H groups in total. The predicted octanol–water partition coefficient (Wildman–Crippen LogP) is 4.31. The number of fused-ring (bicyclic) bond motifs is 5. The highest BCUT2D eigenvalue weighted by Gasteiger charge is 2.08. The standard InChI is InChI=1S/C18H14N2/c19-16-10-7-12-6-8-14-13-4-2-1-3-11(13)5-9-15(14)17(12)18(16)20/h1-10H,19-20H2. The van der Waals surface area contributed by atoms with Crippen LogP contribution in [0.15, 0.2) is 60.7 Å². The second kappa shape index (κ2) is 3.87. The minimum Gasteiger partial charge on any atom is -0.397 e. The third kappa shape index (κ3) is 1.39. The second-order valence-corrected chi connectivity index (χ2v) is 5.11. The van der Waals surface area contributed by atoms with Crippen molar-refractivity contribution in [2.24, 2.45) is 0 Å². The minimum atomic E-state index is 0.637. The molecule has 0 saturated heterocycles. The fraction of sp³-hybridized carbons (Fsp3) is 0. The Labute approximate surface area is 116 Å². The molecule has 0 aromatic heterocycles. The highest BCUT2D eigenvalue weighted by Crippen LogP contribution is 2.36. The third-order valence-electron chi connectivity index (χ3n) is 3.98. The number of nitrogens with two attached hydrogens (primary N) is 2. The van der Waals surface area contributed by atoms with Crippen molar-refractivity contribution in [3.63, 3.8) is 0 Å². The van der Waals surface area contributed by atoms with E-state index in [4.69, 9.17) is 11.5 Å². The summed E-state index contributed by atoms with van der Waals surface area (Å²) in [6, 6.07) is 20.8. The van der Waals surface area contributed by atoms with Gasteiger partial charge >= 0.3 is 0 Å². The summed E-state index contributed by atoms with van der Waals surface area (Å²) in [6.45, 7) is 0. The molecule has 0 bridgehead atoms. The van der Waals surface area contributed by atoms with Gasteiger partial charge in [0.2, 0.25) is 0 Å². The average Bonchev–Trinajstić information content (AvgIpc) is 2.50. The van der Waals surface area contributed by atoms with Crippen LogP contribution in [0.3, 0.4) is 0 Å². The Hall–Kier alpha value is -2.74. The maximum Gasteiger partial charge on any atom is 0.0633 e. The molecule has 0 atom stereocenters. The molecule has 0 heterocycles. The molecule has 0 unspecified atom stereocenters. The summed E-state index contributed by atoms with van der Waals surface area (Å²) in [5.74, 6) is 0. The Morgan fingerprint density at radius 1 is 0.550 bits per heavy atom. The summed E-state index contributed by atoms with van der Waals surface area (Å²) in [5.41, 5.74) is 13.5. The van der Waals surface area contributed by atoms with Gasteiger partial charge in [-0.3, -0.25) is 0 Å². The van der Waals surface area contributed by atoms with Crippen LogP contribution >= 0.6 is 0 Å². The topological polar surface area (TPSA) is 52.0 Å². The molecular weight excluding hydrogens is 244 g/mol. The maximum absolute atomic E-state index is 6.20. The van der Waals surface area contributed by atoms with E-state index >= 15 is 0 Å². The van der Waals surface area contributed by atoms with Crippen LogP contribution in [0.2, 0.25) is 0 Å². The van der Waals surface area contributed by atoms with E-state index in [1.165, 1.54) is 16.2 Å². The largest absolute Gasteiger partial charge is 0.397 e. The molecule has 20 heavy (non-hydrogen) atoms. The second-order valence-electron chi connectivity index (χ2n) is 5.11. The summed E-state index contributed by atoms with van der Waals surface area (Å²) >= 11 is 0. The molecular formula is C18H14N2. The Kier molecular flexibility index (Phi) is 2.15. The molecule has 4 aromatic rings. The Morgan fingerprint density at radius 3 is 2.15 bits per heavy atom. The number of hydrogen-bond acceptors (Lipinski definition) is 2. The first-order chi connectivity index (χ1) is 9.75. The van der Waals surface area contributed by atoms with Gasteiger partial charge in [0.05, 0.1) is 11.4 Å². The normalized spacial score (nSPS) is 11.4. The molecule has 0 spiro atoms. The average molecular weight is 258 g/mol. The summed E-state index contributed by atoms with van der Waals surface area (Å²) in [4.78, 5) is 0. The first-order valence-corrected chi connectivity index (χ1v) is 6.64. The molecule has 0 radical (unpaired) electrons. The van der Waals surface area contributed by atoms with Gasteiger partial charge in [-0.25, -0.2) is 0 Å². The fourth-order valence-electron chi connectivity index (χ4n) is 2.96. The van der Waals surface area contributed by atoms with Gasteiger partial charge in [0.1, 0.15) is 0 Å². The van der Waals surface area contributed by atoms with Crippen molar-refractivity contribution in [1.29, 1.82) is 0 Å². The first-order valence-electron chi connectivity index (χ1n) is 6.64. The summed E-state index contributed by atoms with van der Waals surface area (Å²) < 4.78 is 0. The quantitative estimate of drug-likeness (QED) is 0.365. The van der Waals surface area contributed by atoms with Gasteiger partial charge in [-0.2, -0.15) is 0 Å². The molecule has 0 aliphatic carbocycles. The van der Waals surface area contributed by atoms with Crippen molar-refractivity contribution in [2.75, 3.05) is 11.5 Å². The lowest BCUT2D eigenvalue weighted by molar-refractivity contribution is 1.73. The molecule has 0 fully saturated rings. The molecule has 96 valence electrons. The lowest BCUT2D eigenvalue weighted by atomic mass is 9.96. The van der Waals surface area contributed by atoms with Crippen LogP contribution in [-0.4, -0.2) is 0 Å². The molecule has 2 nitrogen and oxygen atoms in total. The number of benzene rings is 4. The van der Waals surface area contributed by atoms with E-state index in [0.717, 1.165) is 16.2 Å². The molecule has 2 heteroatoms. The van der Waals surface area contributed by atoms with E-state index < -0.39 is 0 Å². The maximum atomic E-state index is 6.20. The van der Waals surface area contributed by atoms with Crippen LogP contribution in [0.4, 0.5) is 11.4 Å². The van der Waals surface area contributed by atoms with Crippen molar-refractivity contribution < 1.29 is 0 Å². The van der Waals surface area contributed by atoms with Crippen LogP contribution in [0.5, 0.6) is 0 Å².